The van der Waals surface area contributed by atoms with Crippen LogP contribution in [-0.4, -0.2) is 24.8 Å². The minimum atomic E-state index is 0.0225. The molecule has 0 N–H and O–H groups in total. The average Bonchev–Trinajstić information content (AvgIpc) is 2.66. The molecule has 0 amide bonds. The highest BCUT2D eigenvalue weighted by atomic mass is 16.6. The molecule has 16 heavy (non-hydrogen) atoms. The summed E-state index contributed by atoms with van der Waals surface area (Å²) in [6, 6.07) is 0. The molecule has 1 heterocycles. The zero-order chi connectivity index (χ0) is 11.4. The van der Waals surface area contributed by atoms with Crippen molar-refractivity contribution in [3.8, 4) is 0 Å². The maximum atomic E-state index is 10.6. The normalized spacial score (nSPS) is 38.1. The molecule has 1 saturated carbocycles. The van der Waals surface area contributed by atoms with Crippen LogP contribution in [0.25, 0.3) is 0 Å². The van der Waals surface area contributed by atoms with Crippen molar-refractivity contribution in [1.29, 1.82) is 0 Å². The van der Waals surface area contributed by atoms with Crippen molar-refractivity contribution in [2.24, 2.45) is 5.92 Å². The molecule has 2 fully saturated rings. The SMILES string of the molecule is CCCC[C@@H]1O[C@H]2CCCC[C@@H]2[C@@H]1OC=O. The summed E-state index contributed by atoms with van der Waals surface area (Å²) in [5.74, 6) is 0.459. The predicted octanol–water partition coefficient (Wildman–Crippen LogP) is 2.68. The van der Waals surface area contributed by atoms with E-state index < -0.39 is 0 Å². The van der Waals surface area contributed by atoms with Crippen LogP contribution in [0.15, 0.2) is 0 Å². The molecule has 1 aliphatic carbocycles. The maximum Gasteiger partial charge on any atom is 0.293 e. The van der Waals surface area contributed by atoms with Gasteiger partial charge in [0, 0.05) is 5.92 Å². The highest BCUT2D eigenvalue weighted by molar-refractivity contribution is 5.38. The molecule has 0 radical (unpaired) electrons. The molecule has 0 aromatic heterocycles. The van der Waals surface area contributed by atoms with Crippen molar-refractivity contribution < 1.29 is 14.3 Å². The molecular formula is C13H22O3. The molecule has 3 nitrogen and oxygen atoms in total. The second kappa shape index (κ2) is 5.67. The van der Waals surface area contributed by atoms with E-state index in [-0.39, 0.29) is 12.2 Å². The van der Waals surface area contributed by atoms with Crippen LogP contribution < -0.4 is 0 Å². The number of ether oxygens (including phenoxy) is 2. The summed E-state index contributed by atoms with van der Waals surface area (Å²) in [6.45, 7) is 2.78. The van der Waals surface area contributed by atoms with Crippen LogP contribution in [0.2, 0.25) is 0 Å². The Morgan fingerprint density at radius 3 is 2.94 bits per heavy atom. The Hall–Kier alpha value is -0.570. The quantitative estimate of drug-likeness (QED) is 0.676. The Labute approximate surface area is 97.5 Å². The van der Waals surface area contributed by atoms with Gasteiger partial charge in [-0.1, -0.05) is 32.6 Å². The van der Waals surface area contributed by atoms with Gasteiger partial charge in [-0.25, -0.2) is 0 Å². The fraction of sp³-hybridized carbons (Fsp3) is 0.923. The molecule has 0 spiro atoms. The number of fused-ring (bicyclic) bond motifs is 1. The summed E-state index contributed by atoms with van der Waals surface area (Å²) in [7, 11) is 0. The Bertz CT molecular complexity index is 229. The number of hydrogen-bond acceptors (Lipinski definition) is 3. The van der Waals surface area contributed by atoms with E-state index in [2.05, 4.69) is 6.92 Å². The Kier molecular flexibility index (Phi) is 4.22. The maximum absolute atomic E-state index is 10.6. The van der Waals surface area contributed by atoms with Gasteiger partial charge in [0.2, 0.25) is 0 Å². The first-order valence-corrected chi connectivity index (χ1v) is 6.61. The van der Waals surface area contributed by atoms with E-state index >= 15 is 0 Å². The third-order valence-electron chi connectivity index (χ3n) is 3.95. The molecule has 0 unspecified atom stereocenters. The second-order valence-electron chi connectivity index (χ2n) is 5.00. The summed E-state index contributed by atoms with van der Waals surface area (Å²) in [5.41, 5.74) is 0. The van der Waals surface area contributed by atoms with E-state index in [1.807, 2.05) is 0 Å². The first kappa shape index (κ1) is 11.9. The van der Waals surface area contributed by atoms with Crippen LogP contribution in [0.1, 0.15) is 51.9 Å². The standard InChI is InChI=1S/C13H22O3/c1-2-3-7-12-13(15-9-14)10-6-4-5-8-11(10)16-12/h9-13H,2-8H2,1H3/t10-,11-,12-,13-/m0/s1. The van der Waals surface area contributed by atoms with Gasteiger partial charge in [-0.2, -0.15) is 0 Å². The molecule has 3 heteroatoms. The van der Waals surface area contributed by atoms with Crippen LogP contribution in [0.5, 0.6) is 0 Å². The zero-order valence-electron chi connectivity index (χ0n) is 10.1. The molecule has 4 atom stereocenters. The van der Waals surface area contributed by atoms with Crippen LogP contribution in [0, 0.1) is 5.92 Å². The fourth-order valence-corrected chi connectivity index (χ4v) is 3.14. The Balaban J connectivity index is 1.97. The van der Waals surface area contributed by atoms with Crippen LogP contribution in [-0.2, 0) is 14.3 Å². The molecule has 2 rings (SSSR count). The van der Waals surface area contributed by atoms with Crippen molar-refractivity contribution in [2.75, 3.05) is 0 Å². The lowest BCUT2D eigenvalue weighted by atomic mass is 9.83. The third kappa shape index (κ3) is 2.40. The number of rotatable bonds is 5. The van der Waals surface area contributed by atoms with Crippen LogP contribution in [0.4, 0.5) is 0 Å². The number of carbonyl (C=O) groups is 1. The summed E-state index contributed by atoms with van der Waals surface area (Å²) >= 11 is 0. The summed E-state index contributed by atoms with van der Waals surface area (Å²) in [5, 5.41) is 0. The van der Waals surface area contributed by atoms with Gasteiger partial charge >= 0.3 is 0 Å². The van der Waals surface area contributed by atoms with Gasteiger partial charge in [0.25, 0.3) is 6.47 Å². The van der Waals surface area contributed by atoms with E-state index in [0.717, 1.165) is 25.7 Å². The lowest BCUT2D eigenvalue weighted by Crippen LogP contribution is -2.32. The molecule has 0 aromatic carbocycles. The smallest absolute Gasteiger partial charge is 0.293 e. The minimum absolute atomic E-state index is 0.0225. The van der Waals surface area contributed by atoms with Crippen LogP contribution >= 0.6 is 0 Å². The van der Waals surface area contributed by atoms with Crippen LogP contribution in [0.3, 0.4) is 0 Å². The largest absolute Gasteiger partial charge is 0.461 e. The van der Waals surface area contributed by atoms with Crippen molar-refractivity contribution in [3.05, 3.63) is 0 Å². The average molecular weight is 226 g/mol. The molecule has 1 aliphatic heterocycles. The van der Waals surface area contributed by atoms with E-state index in [1.165, 1.54) is 19.3 Å². The predicted molar refractivity (Wildman–Crippen MR) is 61.1 cm³/mol. The van der Waals surface area contributed by atoms with E-state index in [4.69, 9.17) is 9.47 Å². The van der Waals surface area contributed by atoms with E-state index in [9.17, 15) is 4.79 Å². The molecule has 1 saturated heterocycles. The monoisotopic (exact) mass is 226 g/mol. The number of unbranched alkanes of at least 4 members (excludes halogenated alkanes) is 1. The van der Waals surface area contributed by atoms with E-state index in [0.29, 0.717) is 18.5 Å². The van der Waals surface area contributed by atoms with Gasteiger partial charge in [0.15, 0.2) is 0 Å². The van der Waals surface area contributed by atoms with E-state index in [1.54, 1.807) is 0 Å². The minimum Gasteiger partial charge on any atom is -0.461 e. The summed E-state index contributed by atoms with van der Waals surface area (Å²) in [6.07, 6.45) is 8.69. The summed E-state index contributed by atoms with van der Waals surface area (Å²) < 4.78 is 11.3. The first-order valence-electron chi connectivity index (χ1n) is 6.61. The topological polar surface area (TPSA) is 35.5 Å². The number of carbonyl (C=O) groups excluding carboxylic acids is 1. The number of hydrogen-bond donors (Lipinski definition) is 0. The lowest BCUT2D eigenvalue weighted by Gasteiger charge is -2.26. The lowest BCUT2D eigenvalue weighted by molar-refractivity contribution is -0.138. The van der Waals surface area contributed by atoms with Gasteiger partial charge < -0.3 is 9.47 Å². The van der Waals surface area contributed by atoms with Gasteiger partial charge in [-0.3, -0.25) is 4.79 Å². The van der Waals surface area contributed by atoms with Gasteiger partial charge in [0.1, 0.15) is 6.10 Å². The third-order valence-corrected chi connectivity index (χ3v) is 3.95. The molecule has 0 bridgehead atoms. The van der Waals surface area contributed by atoms with Crippen molar-refractivity contribution in [1.82, 2.24) is 0 Å². The van der Waals surface area contributed by atoms with Gasteiger partial charge in [-0.05, 0) is 19.3 Å². The Morgan fingerprint density at radius 1 is 1.38 bits per heavy atom. The zero-order valence-corrected chi connectivity index (χ0v) is 10.1. The fourth-order valence-electron chi connectivity index (χ4n) is 3.14. The highest BCUT2D eigenvalue weighted by Gasteiger charge is 2.46. The molecule has 0 aromatic rings. The molecule has 92 valence electrons. The van der Waals surface area contributed by atoms with Crippen molar-refractivity contribution in [3.63, 3.8) is 0 Å². The molecule has 2 aliphatic rings. The molecular weight excluding hydrogens is 204 g/mol. The first-order chi connectivity index (χ1) is 7.86. The Morgan fingerprint density at radius 2 is 2.19 bits per heavy atom. The van der Waals surface area contributed by atoms with Crippen molar-refractivity contribution >= 4 is 6.47 Å². The second-order valence-corrected chi connectivity index (χ2v) is 5.00. The highest BCUT2D eigenvalue weighted by Crippen LogP contribution is 2.40. The van der Waals surface area contributed by atoms with Crippen molar-refractivity contribution in [2.45, 2.75) is 70.2 Å². The van der Waals surface area contributed by atoms with Gasteiger partial charge in [0.05, 0.1) is 12.2 Å². The van der Waals surface area contributed by atoms with Gasteiger partial charge in [-0.15, -0.1) is 0 Å². The summed E-state index contributed by atoms with van der Waals surface area (Å²) in [4.78, 5) is 10.6.